The van der Waals surface area contributed by atoms with Crippen molar-refractivity contribution in [2.45, 2.75) is 0 Å². The van der Waals surface area contributed by atoms with Gasteiger partial charge in [0.15, 0.2) is 0 Å². The molecule has 0 saturated carbocycles. The first-order chi connectivity index (χ1) is 6.79. The van der Waals surface area contributed by atoms with Crippen LogP contribution in [0.4, 0.5) is 0 Å². The van der Waals surface area contributed by atoms with Crippen molar-refractivity contribution in [3.8, 4) is 17.5 Å². The largest absolute Gasteiger partial charge is 0.204 e. The van der Waals surface area contributed by atoms with E-state index in [-0.39, 0.29) is 0 Å². The van der Waals surface area contributed by atoms with Gasteiger partial charge in [-0.3, -0.25) is 0 Å². The number of tetrazole rings is 1. The zero-order chi connectivity index (χ0) is 9.97. The molecule has 68 valence electrons. The van der Waals surface area contributed by atoms with Gasteiger partial charge in [-0.05, 0) is 29.5 Å². The predicted molar refractivity (Wildman–Crippen MR) is 48.9 cm³/mol. The number of hydrogen-bond donors (Lipinski definition) is 0. The third-order valence-corrected chi connectivity index (χ3v) is 1.78. The molecule has 0 unspecified atom stereocenters. The Bertz CT molecular complexity index is 477. The monoisotopic (exact) mass is 185 g/mol. The Morgan fingerprint density at radius 3 is 2.50 bits per heavy atom. The molecule has 2 aromatic rings. The summed E-state index contributed by atoms with van der Waals surface area (Å²) >= 11 is 0. The van der Waals surface area contributed by atoms with Crippen LogP contribution in [-0.4, -0.2) is 20.2 Å². The van der Waals surface area contributed by atoms with Crippen LogP contribution in [-0.2, 0) is 7.05 Å². The van der Waals surface area contributed by atoms with Gasteiger partial charge in [-0.1, -0.05) is 0 Å². The molecule has 0 N–H and O–H groups in total. The lowest BCUT2D eigenvalue weighted by Crippen LogP contribution is -1.91. The van der Waals surface area contributed by atoms with E-state index in [2.05, 4.69) is 15.4 Å². The zero-order valence-corrected chi connectivity index (χ0v) is 7.55. The summed E-state index contributed by atoms with van der Waals surface area (Å²) in [6, 6.07) is 9.11. The summed E-state index contributed by atoms with van der Waals surface area (Å²) in [5.41, 5.74) is 1.48. The highest BCUT2D eigenvalue weighted by atomic mass is 15.6. The number of aromatic nitrogens is 4. The summed E-state index contributed by atoms with van der Waals surface area (Å²) in [6.07, 6.45) is 0. The second kappa shape index (κ2) is 3.26. The molecule has 5 heteroatoms. The van der Waals surface area contributed by atoms with Crippen molar-refractivity contribution in [3.63, 3.8) is 0 Å². The molecule has 0 bridgehead atoms. The molecule has 0 aliphatic carbocycles. The minimum Gasteiger partial charge on any atom is -0.192 e. The van der Waals surface area contributed by atoms with Crippen LogP contribution >= 0.6 is 0 Å². The summed E-state index contributed by atoms with van der Waals surface area (Å²) in [6.45, 7) is 0. The average Bonchev–Trinajstić information content (AvgIpc) is 2.65. The van der Waals surface area contributed by atoms with Gasteiger partial charge in [-0.25, -0.2) is 0 Å². The van der Waals surface area contributed by atoms with Gasteiger partial charge >= 0.3 is 0 Å². The van der Waals surface area contributed by atoms with E-state index < -0.39 is 0 Å². The van der Waals surface area contributed by atoms with Crippen LogP contribution in [0, 0.1) is 11.3 Å². The maximum absolute atomic E-state index is 8.61. The van der Waals surface area contributed by atoms with Crippen LogP contribution in [0.5, 0.6) is 0 Å². The zero-order valence-electron chi connectivity index (χ0n) is 7.55. The van der Waals surface area contributed by atoms with Gasteiger partial charge in [0.25, 0.3) is 0 Å². The average molecular weight is 185 g/mol. The first kappa shape index (κ1) is 8.38. The number of aryl methyl sites for hydroxylation is 1. The Hall–Kier alpha value is -2.22. The molecular formula is C9H7N5. The number of rotatable bonds is 1. The minimum absolute atomic E-state index is 0.567. The van der Waals surface area contributed by atoms with E-state index >= 15 is 0 Å². The predicted octanol–water partition coefficient (Wildman–Crippen LogP) is 0.749. The molecule has 0 atom stereocenters. The third-order valence-electron chi connectivity index (χ3n) is 1.78. The Morgan fingerprint density at radius 1 is 1.29 bits per heavy atom. The van der Waals surface area contributed by atoms with E-state index in [1.807, 2.05) is 6.07 Å². The number of hydrogen-bond acceptors (Lipinski definition) is 4. The molecule has 14 heavy (non-hydrogen) atoms. The van der Waals surface area contributed by atoms with Crippen molar-refractivity contribution in [2.75, 3.05) is 0 Å². The minimum atomic E-state index is 0.567. The molecule has 1 aromatic carbocycles. The number of benzene rings is 1. The van der Waals surface area contributed by atoms with Crippen LogP contribution in [0.1, 0.15) is 5.56 Å². The third kappa shape index (κ3) is 1.45. The highest BCUT2D eigenvalue weighted by Gasteiger charge is 2.03. The van der Waals surface area contributed by atoms with Gasteiger partial charge in [0, 0.05) is 5.56 Å². The van der Waals surface area contributed by atoms with Gasteiger partial charge in [0.1, 0.15) is 0 Å². The fourth-order valence-electron chi connectivity index (χ4n) is 1.09. The van der Waals surface area contributed by atoms with E-state index in [1.165, 1.54) is 4.80 Å². The van der Waals surface area contributed by atoms with Crippen molar-refractivity contribution < 1.29 is 0 Å². The van der Waals surface area contributed by atoms with Crippen LogP contribution in [0.3, 0.4) is 0 Å². The van der Waals surface area contributed by atoms with Gasteiger partial charge in [-0.15, -0.1) is 10.2 Å². The number of nitriles is 1. The molecule has 5 nitrogen and oxygen atoms in total. The molecule has 1 aromatic heterocycles. The summed E-state index contributed by atoms with van der Waals surface area (Å²) in [7, 11) is 1.71. The fourth-order valence-corrected chi connectivity index (χ4v) is 1.09. The molecule has 0 spiro atoms. The maximum atomic E-state index is 8.61. The normalized spacial score (nSPS) is 9.71. The molecule has 0 aliphatic rings. The molecule has 0 radical (unpaired) electrons. The maximum Gasteiger partial charge on any atom is 0.204 e. The van der Waals surface area contributed by atoms with Gasteiger partial charge in [-0.2, -0.15) is 10.1 Å². The van der Waals surface area contributed by atoms with Crippen LogP contribution in [0.15, 0.2) is 24.3 Å². The highest BCUT2D eigenvalue weighted by Crippen LogP contribution is 2.13. The van der Waals surface area contributed by atoms with Gasteiger partial charge in [0.05, 0.1) is 18.7 Å². The smallest absolute Gasteiger partial charge is 0.192 e. The van der Waals surface area contributed by atoms with Crippen molar-refractivity contribution in [3.05, 3.63) is 29.8 Å². The Balaban J connectivity index is 2.39. The van der Waals surface area contributed by atoms with Crippen LogP contribution in [0.25, 0.3) is 11.4 Å². The summed E-state index contributed by atoms with van der Waals surface area (Å²) in [4.78, 5) is 1.40. The summed E-state index contributed by atoms with van der Waals surface area (Å²) in [5, 5.41) is 20.2. The lowest BCUT2D eigenvalue weighted by atomic mass is 10.1. The SMILES string of the molecule is Cn1nnc(-c2ccc(C#N)cc2)n1. The first-order valence-electron chi connectivity index (χ1n) is 4.04. The molecule has 0 aliphatic heterocycles. The second-order valence-electron chi connectivity index (χ2n) is 2.79. The summed E-state index contributed by atoms with van der Waals surface area (Å²) in [5.74, 6) is 0.567. The standard InChI is InChI=1S/C9H7N5/c1-14-12-9(11-13-14)8-4-2-7(6-10)3-5-8/h2-5H,1H3. The molecule has 0 saturated heterocycles. The van der Waals surface area contributed by atoms with Crippen LogP contribution in [0.2, 0.25) is 0 Å². The number of nitrogens with zero attached hydrogens (tertiary/aromatic N) is 5. The van der Waals surface area contributed by atoms with E-state index in [0.717, 1.165) is 5.56 Å². The Morgan fingerprint density at radius 2 is 2.00 bits per heavy atom. The van der Waals surface area contributed by atoms with Crippen molar-refractivity contribution in [1.29, 1.82) is 5.26 Å². The van der Waals surface area contributed by atoms with E-state index in [4.69, 9.17) is 5.26 Å². The van der Waals surface area contributed by atoms with Gasteiger partial charge in [0.2, 0.25) is 5.82 Å². The van der Waals surface area contributed by atoms with Crippen molar-refractivity contribution in [1.82, 2.24) is 20.2 Å². The van der Waals surface area contributed by atoms with E-state index in [9.17, 15) is 0 Å². The van der Waals surface area contributed by atoms with E-state index in [0.29, 0.717) is 11.4 Å². The van der Waals surface area contributed by atoms with Crippen molar-refractivity contribution >= 4 is 0 Å². The summed E-state index contributed by atoms with van der Waals surface area (Å²) < 4.78 is 0. The van der Waals surface area contributed by atoms with Crippen LogP contribution < -0.4 is 0 Å². The molecule has 0 fully saturated rings. The lowest BCUT2D eigenvalue weighted by Gasteiger charge is -1.92. The topological polar surface area (TPSA) is 67.4 Å². The molecule has 0 amide bonds. The molecular weight excluding hydrogens is 178 g/mol. The highest BCUT2D eigenvalue weighted by molar-refractivity contribution is 5.55. The first-order valence-corrected chi connectivity index (χ1v) is 4.04. The fraction of sp³-hybridized carbons (Fsp3) is 0.111. The lowest BCUT2D eigenvalue weighted by molar-refractivity contribution is 0.630. The molecule has 1 heterocycles. The second-order valence-corrected chi connectivity index (χ2v) is 2.79. The Kier molecular flexibility index (Phi) is 1.95. The molecule has 2 rings (SSSR count). The van der Waals surface area contributed by atoms with Gasteiger partial charge < -0.3 is 0 Å². The van der Waals surface area contributed by atoms with E-state index in [1.54, 1.807) is 31.3 Å². The van der Waals surface area contributed by atoms with Crippen molar-refractivity contribution in [2.24, 2.45) is 7.05 Å². The quantitative estimate of drug-likeness (QED) is 0.657. The Labute approximate surface area is 80.6 Å².